The van der Waals surface area contributed by atoms with Crippen molar-refractivity contribution in [1.82, 2.24) is 0 Å². The Morgan fingerprint density at radius 2 is 2.00 bits per heavy atom. The van der Waals surface area contributed by atoms with E-state index in [1.165, 1.54) is 0 Å². The van der Waals surface area contributed by atoms with Crippen LogP contribution in [0, 0.1) is 6.92 Å². The number of hydrogen-bond acceptors (Lipinski definition) is 2. The first-order valence-electron chi connectivity index (χ1n) is 6.08. The Bertz CT molecular complexity index is 818. The van der Waals surface area contributed by atoms with Gasteiger partial charge in [-0.05, 0) is 36.8 Å². The van der Waals surface area contributed by atoms with Crippen molar-refractivity contribution in [2.45, 2.75) is 6.92 Å². The molecule has 0 amide bonds. The number of hydrogen-bond donors (Lipinski definition) is 1. The first-order valence-corrected chi connectivity index (χ1v) is 6.46. The lowest BCUT2D eigenvalue weighted by Gasteiger charge is -2.03. The lowest BCUT2D eigenvalue weighted by molar-refractivity contribution is 0.0697. The van der Waals surface area contributed by atoms with Gasteiger partial charge in [-0.15, -0.1) is 0 Å². The van der Waals surface area contributed by atoms with Crippen LogP contribution in [0.15, 0.2) is 46.9 Å². The van der Waals surface area contributed by atoms with Gasteiger partial charge in [-0.1, -0.05) is 29.8 Å². The van der Waals surface area contributed by atoms with Crippen LogP contribution in [0.2, 0.25) is 5.02 Å². The highest BCUT2D eigenvalue weighted by Crippen LogP contribution is 2.33. The number of halogens is 1. The van der Waals surface area contributed by atoms with Crippen LogP contribution in [0.5, 0.6) is 0 Å². The number of carboxylic acid groups (broad SMARTS) is 1. The molecule has 100 valence electrons. The standard InChI is InChI=1S/C16H11ClO3/c1-9-7-11(16(18)19)5-6-12(9)14-8-10-3-2-4-13(17)15(10)20-14/h2-8H,1H3,(H,18,19). The van der Waals surface area contributed by atoms with Gasteiger partial charge in [-0.3, -0.25) is 0 Å². The smallest absolute Gasteiger partial charge is 0.335 e. The summed E-state index contributed by atoms with van der Waals surface area (Å²) in [5.74, 6) is -0.255. The predicted molar refractivity (Wildman–Crippen MR) is 78.4 cm³/mol. The van der Waals surface area contributed by atoms with Crippen LogP contribution in [0.3, 0.4) is 0 Å². The number of carboxylic acids is 1. The van der Waals surface area contributed by atoms with Crippen LogP contribution in [0.1, 0.15) is 15.9 Å². The molecule has 3 rings (SSSR count). The molecule has 3 aromatic rings. The summed E-state index contributed by atoms with van der Waals surface area (Å²) in [7, 11) is 0. The largest absolute Gasteiger partial charge is 0.478 e. The molecular formula is C16H11ClO3. The maximum absolute atomic E-state index is 10.9. The zero-order valence-corrected chi connectivity index (χ0v) is 11.4. The zero-order chi connectivity index (χ0) is 14.3. The molecule has 20 heavy (non-hydrogen) atoms. The number of carbonyl (C=O) groups is 1. The molecule has 0 saturated carbocycles. The van der Waals surface area contributed by atoms with E-state index in [0.717, 1.165) is 16.5 Å². The quantitative estimate of drug-likeness (QED) is 0.739. The average molecular weight is 287 g/mol. The van der Waals surface area contributed by atoms with E-state index < -0.39 is 5.97 Å². The number of rotatable bonds is 2. The van der Waals surface area contributed by atoms with E-state index in [1.807, 2.05) is 25.1 Å². The van der Waals surface area contributed by atoms with Crippen molar-refractivity contribution < 1.29 is 14.3 Å². The number of furan rings is 1. The molecule has 1 heterocycles. The van der Waals surface area contributed by atoms with Crippen LogP contribution in [0.25, 0.3) is 22.3 Å². The summed E-state index contributed by atoms with van der Waals surface area (Å²) in [6, 6.07) is 12.4. The second kappa shape index (κ2) is 4.69. The topological polar surface area (TPSA) is 50.4 Å². The van der Waals surface area contributed by atoms with E-state index in [-0.39, 0.29) is 5.56 Å². The van der Waals surface area contributed by atoms with Crippen LogP contribution in [-0.4, -0.2) is 11.1 Å². The zero-order valence-electron chi connectivity index (χ0n) is 10.7. The Kier molecular flexibility index (Phi) is 2.99. The highest BCUT2D eigenvalue weighted by Gasteiger charge is 2.12. The van der Waals surface area contributed by atoms with Gasteiger partial charge in [0.05, 0.1) is 10.6 Å². The molecule has 0 saturated heterocycles. The second-order valence-electron chi connectivity index (χ2n) is 4.60. The SMILES string of the molecule is Cc1cc(C(=O)O)ccc1-c1cc2cccc(Cl)c2o1. The Morgan fingerprint density at radius 3 is 2.65 bits per heavy atom. The highest BCUT2D eigenvalue weighted by atomic mass is 35.5. The molecule has 0 spiro atoms. The van der Waals surface area contributed by atoms with Gasteiger partial charge in [0.25, 0.3) is 0 Å². The van der Waals surface area contributed by atoms with Gasteiger partial charge in [0, 0.05) is 10.9 Å². The van der Waals surface area contributed by atoms with Crippen molar-refractivity contribution >= 4 is 28.5 Å². The van der Waals surface area contributed by atoms with Crippen molar-refractivity contribution in [2.75, 3.05) is 0 Å². The molecule has 1 N–H and O–H groups in total. The maximum atomic E-state index is 10.9. The predicted octanol–water partition coefficient (Wildman–Crippen LogP) is 4.76. The van der Waals surface area contributed by atoms with Gasteiger partial charge in [-0.25, -0.2) is 4.79 Å². The molecule has 1 aromatic heterocycles. The van der Waals surface area contributed by atoms with Crippen molar-refractivity contribution in [3.8, 4) is 11.3 Å². The number of aromatic carboxylic acids is 1. The molecule has 0 unspecified atom stereocenters. The van der Waals surface area contributed by atoms with E-state index in [9.17, 15) is 4.79 Å². The third-order valence-corrected chi connectivity index (χ3v) is 3.53. The molecule has 0 aliphatic rings. The van der Waals surface area contributed by atoms with Crippen molar-refractivity contribution in [1.29, 1.82) is 0 Å². The fourth-order valence-corrected chi connectivity index (χ4v) is 2.45. The van der Waals surface area contributed by atoms with E-state index in [4.69, 9.17) is 21.1 Å². The minimum absolute atomic E-state index is 0.264. The number of aryl methyl sites for hydroxylation is 1. The maximum Gasteiger partial charge on any atom is 0.335 e. The summed E-state index contributed by atoms with van der Waals surface area (Å²) < 4.78 is 5.79. The van der Waals surface area contributed by atoms with Crippen molar-refractivity contribution in [3.63, 3.8) is 0 Å². The van der Waals surface area contributed by atoms with E-state index in [0.29, 0.717) is 16.4 Å². The van der Waals surface area contributed by atoms with Crippen LogP contribution >= 0.6 is 11.6 Å². The van der Waals surface area contributed by atoms with Gasteiger partial charge >= 0.3 is 5.97 Å². The Balaban J connectivity index is 2.16. The minimum atomic E-state index is -0.938. The fraction of sp³-hybridized carbons (Fsp3) is 0.0625. The minimum Gasteiger partial charge on any atom is -0.478 e. The van der Waals surface area contributed by atoms with Crippen LogP contribution in [-0.2, 0) is 0 Å². The third kappa shape index (κ3) is 2.06. The molecule has 0 fully saturated rings. The Labute approximate surface area is 120 Å². The first kappa shape index (κ1) is 12.8. The number of fused-ring (bicyclic) bond motifs is 1. The molecule has 3 nitrogen and oxygen atoms in total. The molecular weight excluding hydrogens is 276 g/mol. The number of benzene rings is 2. The van der Waals surface area contributed by atoms with E-state index in [1.54, 1.807) is 24.3 Å². The second-order valence-corrected chi connectivity index (χ2v) is 5.01. The lowest BCUT2D eigenvalue weighted by atomic mass is 10.0. The van der Waals surface area contributed by atoms with Crippen molar-refractivity contribution in [2.24, 2.45) is 0 Å². The van der Waals surface area contributed by atoms with E-state index >= 15 is 0 Å². The van der Waals surface area contributed by atoms with Crippen molar-refractivity contribution in [3.05, 3.63) is 58.6 Å². The van der Waals surface area contributed by atoms with Crippen LogP contribution in [0.4, 0.5) is 0 Å². The normalized spacial score (nSPS) is 10.9. The fourth-order valence-electron chi connectivity index (χ4n) is 2.23. The summed E-state index contributed by atoms with van der Waals surface area (Å²) in [6.45, 7) is 1.86. The number of para-hydroxylation sites is 1. The highest BCUT2D eigenvalue weighted by molar-refractivity contribution is 6.34. The van der Waals surface area contributed by atoms with E-state index in [2.05, 4.69) is 0 Å². The van der Waals surface area contributed by atoms with Crippen LogP contribution < -0.4 is 0 Å². The monoisotopic (exact) mass is 286 g/mol. The summed E-state index contributed by atoms with van der Waals surface area (Å²) in [5, 5.41) is 10.5. The summed E-state index contributed by atoms with van der Waals surface area (Å²) >= 11 is 6.09. The molecule has 0 aliphatic heterocycles. The Hall–Kier alpha value is -2.26. The van der Waals surface area contributed by atoms with Gasteiger partial charge in [0.2, 0.25) is 0 Å². The molecule has 0 aliphatic carbocycles. The summed E-state index contributed by atoms with van der Waals surface area (Å²) in [5.41, 5.74) is 2.62. The van der Waals surface area contributed by atoms with Gasteiger partial charge in [-0.2, -0.15) is 0 Å². The molecule has 2 aromatic carbocycles. The molecule has 4 heteroatoms. The Morgan fingerprint density at radius 1 is 1.20 bits per heavy atom. The molecule has 0 radical (unpaired) electrons. The van der Waals surface area contributed by atoms with Gasteiger partial charge in [0.15, 0.2) is 5.58 Å². The van der Waals surface area contributed by atoms with Gasteiger partial charge in [0.1, 0.15) is 5.76 Å². The summed E-state index contributed by atoms with van der Waals surface area (Å²) in [4.78, 5) is 10.9. The molecule has 0 atom stereocenters. The van der Waals surface area contributed by atoms with Gasteiger partial charge < -0.3 is 9.52 Å². The first-order chi connectivity index (χ1) is 9.56. The lowest BCUT2D eigenvalue weighted by Crippen LogP contribution is -1.96. The summed E-state index contributed by atoms with van der Waals surface area (Å²) in [6.07, 6.45) is 0. The molecule has 0 bridgehead atoms. The average Bonchev–Trinajstić information content (AvgIpc) is 2.83. The third-order valence-electron chi connectivity index (χ3n) is 3.23.